The van der Waals surface area contributed by atoms with Crippen molar-refractivity contribution in [2.75, 3.05) is 57.8 Å². The molecular formula is C40H50ClN5O7S. The molecule has 4 aliphatic rings. The molecule has 2 bridgehead atoms. The first-order chi connectivity index (χ1) is 26.0. The number of aromatic nitrogens is 2. The van der Waals surface area contributed by atoms with E-state index < -0.39 is 21.7 Å². The van der Waals surface area contributed by atoms with Gasteiger partial charge in [-0.15, -0.1) is 9.46 Å². The molecule has 7 rings (SSSR count). The minimum absolute atomic E-state index is 0.0508. The highest BCUT2D eigenvalue weighted by atomic mass is 35.5. The number of aryl methyl sites for hydroxylation is 2. The smallest absolute Gasteiger partial charge is 0.286 e. The number of fused-ring (bicyclic) bond motifs is 4. The van der Waals surface area contributed by atoms with Crippen molar-refractivity contribution in [3.05, 3.63) is 82.0 Å². The fourth-order valence-corrected chi connectivity index (χ4v) is 10.6. The number of hydrogen-bond acceptors (Lipinski definition) is 9. The predicted molar refractivity (Wildman–Crippen MR) is 208 cm³/mol. The molecule has 0 saturated heterocycles. The van der Waals surface area contributed by atoms with E-state index >= 15 is 0 Å². The second-order valence-corrected chi connectivity index (χ2v) is 17.7. The Morgan fingerprint density at radius 1 is 1.17 bits per heavy atom. The van der Waals surface area contributed by atoms with Crippen LogP contribution in [0.5, 0.6) is 11.6 Å². The van der Waals surface area contributed by atoms with Crippen LogP contribution in [0.1, 0.15) is 70.9 Å². The summed E-state index contributed by atoms with van der Waals surface area (Å²) in [7, 11) is 1.32. The second kappa shape index (κ2) is 16.1. The Morgan fingerprint density at radius 3 is 2.80 bits per heavy atom. The highest BCUT2D eigenvalue weighted by Crippen LogP contribution is 2.47. The number of ether oxygens (including phenoxy) is 4. The zero-order chi connectivity index (χ0) is 38.0. The maximum absolute atomic E-state index is 14.7. The molecule has 12 nitrogen and oxygen atoms in total. The molecule has 3 aromatic rings. The van der Waals surface area contributed by atoms with Crippen molar-refractivity contribution in [2.24, 2.45) is 29.2 Å². The average molecular weight is 780 g/mol. The van der Waals surface area contributed by atoms with Crippen LogP contribution in [0.3, 0.4) is 0 Å². The number of rotatable bonds is 7. The highest BCUT2D eigenvalue weighted by molar-refractivity contribution is 7.92. The number of nitrogens with zero attached hydrogens (tertiary/aromatic N) is 4. The van der Waals surface area contributed by atoms with Gasteiger partial charge in [-0.3, -0.25) is 19.0 Å². The van der Waals surface area contributed by atoms with Crippen LogP contribution < -0.4 is 19.1 Å². The van der Waals surface area contributed by atoms with Gasteiger partial charge in [0.15, 0.2) is 0 Å². The van der Waals surface area contributed by atoms with E-state index in [2.05, 4.69) is 43.4 Å². The topological polar surface area (TPSA) is 134 Å². The number of carbonyl (C=O) groups is 2. The van der Waals surface area contributed by atoms with Gasteiger partial charge in [0.05, 0.1) is 30.8 Å². The largest absolute Gasteiger partial charge is 0.490 e. The van der Waals surface area contributed by atoms with E-state index in [4.69, 9.17) is 30.5 Å². The first-order valence-electron chi connectivity index (χ1n) is 18.8. The fourth-order valence-electron chi connectivity index (χ4n) is 8.52. The molecule has 1 aromatic heterocycles. The lowest BCUT2D eigenvalue weighted by atomic mass is 9.68. The Morgan fingerprint density at radius 2 is 2.02 bits per heavy atom. The van der Waals surface area contributed by atoms with Gasteiger partial charge in [-0.25, -0.2) is 4.21 Å². The van der Waals surface area contributed by atoms with Gasteiger partial charge in [0, 0.05) is 56.6 Å². The number of halogens is 1. The normalized spacial score (nSPS) is 28.8. The van der Waals surface area contributed by atoms with Crippen LogP contribution in [0.25, 0.3) is 0 Å². The lowest BCUT2D eigenvalue weighted by Gasteiger charge is -2.46. The number of amides is 2. The van der Waals surface area contributed by atoms with E-state index in [1.807, 2.05) is 25.1 Å². The Labute approximate surface area is 322 Å². The standard InChI is InChI=1S/C40H50ClN5O7S/c1-26-7-5-9-35(51-4)31-13-10-29(31)21-46-24-40(16-6-8-27-19-30(41)12-14-33(27)40)25-53-36-15-11-28(20-34(36)46)37(47)43-54(49,23-26)44-38(48)32-22-45(2)42-39(32)52-18-17-50-3/h5,9,11-12,14-15,19-20,22,26,29,31,35H,6-8,10,13,16-18,21,23-25H2,1-4H3,(H,43,44,47,48,49)/b9-5+/t26-,29-,31+,35-,40-,54?/m0/s1. The maximum Gasteiger partial charge on any atom is 0.286 e. The molecule has 2 aliphatic heterocycles. The van der Waals surface area contributed by atoms with Crippen LogP contribution in [0.15, 0.2) is 59.1 Å². The van der Waals surface area contributed by atoms with E-state index in [-0.39, 0.29) is 46.8 Å². The van der Waals surface area contributed by atoms with E-state index in [0.717, 1.165) is 49.4 Å². The minimum Gasteiger partial charge on any atom is -0.490 e. The molecule has 290 valence electrons. The van der Waals surface area contributed by atoms with E-state index in [1.54, 1.807) is 27.3 Å². The van der Waals surface area contributed by atoms with Gasteiger partial charge in [0.25, 0.3) is 11.8 Å². The molecule has 3 heterocycles. The number of anilines is 1. The quantitative estimate of drug-likeness (QED) is 0.221. The number of methoxy groups -OCH3 is 2. The molecule has 1 spiro atoms. The van der Waals surface area contributed by atoms with Gasteiger partial charge < -0.3 is 23.8 Å². The van der Waals surface area contributed by atoms with Crippen molar-refractivity contribution in [1.82, 2.24) is 14.5 Å². The zero-order valence-electron chi connectivity index (χ0n) is 31.4. The second-order valence-electron chi connectivity index (χ2n) is 15.3. The lowest BCUT2D eigenvalue weighted by Crippen LogP contribution is -2.49. The molecule has 1 N–H and O–H groups in total. The molecule has 1 fully saturated rings. The summed E-state index contributed by atoms with van der Waals surface area (Å²) in [5.41, 5.74) is 3.38. The minimum atomic E-state index is -3.64. The fraction of sp³-hybridized carbons (Fsp3) is 0.525. The number of nitrogens with one attached hydrogen (secondary N) is 1. The molecule has 6 atom stereocenters. The van der Waals surface area contributed by atoms with Gasteiger partial charge in [-0.05, 0) is 97.7 Å². The molecule has 54 heavy (non-hydrogen) atoms. The number of benzene rings is 2. The summed E-state index contributed by atoms with van der Waals surface area (Å²) in [5.74, 6) is -0.190. The maximum atomic E-state index is 14.7. The number of carbonyl (C=O) groups excluding carboxylic acids is 2. The Balaban J connectivity index is 1.28. The van der Waals surface area contributed by atoms with E-state index in [0.29, 0.717) is 43.8 Å². The van der Waals surface area contributed by atoms with Gasteiger partial charge in [0.1, 0.15) is 27.8 Å². The molecule has 2 amide bonds. The van der Waals surface area contributed by atoms with Crippen LogP contribution in [0.4, 0.5) is 5.69 Å². The summed E-state index contributed by atoms with van der Waals surface area (Å²) in [6.45, 7) is 4.34. The molecule has 2 aromatic carbocycles. The predicted octanol–water partition coefficient (Wildman–Crippen LogP) is 6.16. The van der Waals surface area contributed by atoms with E-state index in [9.17, 15) is 13.8 Å². The summed E-state index contributed by atoms with van der Waals surface area (Å²) in [5, 5.41) is 4.98. The van der Waals surface area contributed by atoms with Gasteiger partial charge >= 0.3 is 0 Å². The Bertz CT molecular complexity index is 2040. The average Bonchev–Trinajstić information content (AvgIpc) is 3.43. The van der Waals surface area contributed by atoms with Gasteiger partial charge in [-0.2, -0.15) is 0 Å². The Kier molecular flexibility index (Phi) is 11.4. The summed E-state index contributed by atoms with van der Waals surface area (Å²) in [6, 6.07) is 11.5. The highest BCUT2D eigenvalue weighted by Gasteiger charge is 2.44. The monoisotopic (exact) mass is 779 g/mol. The molecule has 1 saturated carbocycles. The first kappa shape index (κ1) is 38.4. The van der Waals surface area contributed by atoms with Crippen molar-refractivity contribution in [3.63, 3.8) is 0 Å². The number of allylic oxidation sites excluding steroid dienone is 1. The molecule has 1 unspecified atom stereocenters. The first-order valence-corrected chi connectivity index (χ1v) is 20.8. The van der Waals surface area contributed by atoms with Crippen LogP contribution in [-0.4, -0.2) is 84.8 Å². The molecule has 14 heteroatoms. The van der Waals surface area contributed by atoms with Crippen molar-refractivity contribution < 1.29 is 32.7 Å². The summed E-state index contributed by atoms with van der Waals surface area (Å²) in [6.07, 6.45) is 11.2. The molecule has 2 aliphatic carbocycles. The lowest BCUT2D eigenvalue weighted by molar-refractivity contribution is 0.0131. The van der Waals surface area contributed by atoms with Crippen LogP contribution in [0.2, 0.25) is 5.02 Å². The van der Waals surface area contributed by atoms with Gasteiger partial charge in [0.2, 0.25) is 5.88 Å². The van der Waals surface area contributed by atoms with Gasteiger partial charge in [-0.1, -0.05) is 36.7 Å². The summed E-state index contributed by atoms with van der Waals surface area (Å²) < 4.78 is 46.5. The van der Waals surface area contributed by atoms with Crippen molar-refractivity contribution in [2.45, 2.75) is 57.0 Å². The summed E-state index contributed by atoms with van der Waals surface area (Å²) in [4.78, 5) is 30.2. The molecule has 0 radical (unpaired) electrons. The third kappa shape index (κ3) is 8.05. The third-order valence-corrected chi connectivity index (χ3v) is 13.6. The van der Waals surface area contributed by atoms with Crippen molar-refractivity contribution in [3.8, 4) is 11.6 Å². The van der Waals surface area contributed by atoms with Crippen molar-refractivity contribution >= 4 is 39.0 Å². The third-order valence-electron chi connectivity index (χ3n) is 11.3. The van der Waals surface area contributed by atoms with Crippen molar-refractivity contribution in [1.29, 1.82) is 0 Å². The van der Waals surface area contributed by atoms with Crippen LogP contribution >= 0.6 is 11.6 Å². The van der Waals surface area contributed by atoms with E-state index in [1.165, 1.54) is 22.0 Å². The van der Waals surface area contributed by atoms with Crippen LogP contribution in [-0.2, 0) is 38.3 Å². The van der Waals surface area contributed by atoms with Crippen LogP contribution in [0, 0.1) is 17.8 Å². The SMILES string of the molecule is COCCOc1nn(C)cc1C(=O)NS1(=O)=NC(=O)c2ccc3c(c2)N(C[C@@H]2CC[C@H]2[C@@H](OC)/C=C/C[C@H](C)C1)C[C@@]1(CCCc2cc(Cl)ccc21)CO3. The summed E-state index contributed by atoms with van der Waals surface area (Å²) >= 11 is 6.47. The Hall–Kier alpha value is -3.91. The number of hydrogen-bond donors (Lipinski definition) is 1. The molecular weight excluding hydrogens is 730 g/mol. The zero-order valence-corrected chi connectivity index (χ0v) is 33.0.